The van der Waals surface area contributed by atoms with E-state index in [0.29, 0.717) is 19.1 Å². The molecule has 1 aromatic rings. The smallest absolute Gasteiger partial charge is 0.193 e. The number of benzene rings is 1. The van der Waals surface area contributed by atoms with Gasteiger partial charge in [0.1, 0.15) is 0 Å². The van der Waals surface area contributed by atoms with Crippen LogP contribution in [0.4, 0.5) is 0 Å². The van der Waals surface area contributed by atoms with Crippen molar-refractivity contribution in [2.75, 3.05) is 53.6 Å². The molecule has 1 N–H and O–H groups in total. The van der Waals surface area contributed by atoms with Gasteiger partial charge in [0.25, 0.3) is 0 Å². The Morgan fingerprint density at radius 1 is 1.28 bits per heavy atom. The maximum Gasteiger partial charge on any atom is 0.193 e. The minimum Gasteiger partial charge on any atom is -0.382 e. The molecule has 1 aromatic carbocycles. The van der Waals surface area contributed by atoms with Crippen LogP contribution < -0.4 is 5.32 Å². The van der Waals surface area contributed by atoms with Crippen molar-refractivity contribution in [3.63, 3.8) is 0 Å². The van der Waals surface area contributed by atoms with Crippen molar-refractivity contribution in [1.29, 1.82) is 0 Å². The van der Waals surface area contributed by atoms with E-state index in [1.54, 1.807) is 7.11 Å². The molecule has 1 atom stereocenters. The third-order valence-corrected chi connectivity index (χ3v) is 6.36. The van der Waals surface area contributed by atoms with Crippen molar-refractivity contribution in [3.8, 4) is 0 Å². The van der Waals surface area contributed by atoms with E-state index in [4.69, 9.17) is 9.47 Å². The summed E-state index contributed by atoms with van der Waals surface area (Å²) >= 11 is 0. The first-order valence-electron chi connectivity index (χ1n) is 10.8. The van der Waals surface area contributed by atoms with E-state index in [1.165, 1.54) is 36.8 Å². The van der Waals surface area contributed by atoms with Crippen molar-refractivity contribution < 1.29 is 9.47 Å². The first-order valence-corrected chi connectivity index (χ1v) is 10.8. The maximum absolute atomic E-state index is 5.73. The molecule has 1 aliphatic carbocycles. The van der Waals surface area contributed by atoms with Crippen LogP contribution in [0, 0.1) is 12.8 Å². The van der Waals surface area contributed by atoms with Crippen molar-refractivity contribution in [1.82, 2.24) is 10.2 Å². The molecule has 0 radical (unpaired) electrons. The van der Waals surface area contributed by atoms with Crippen LogP contribution in [0.1, 0.15) is 43.2 Å². The number of nitrogens with zero attached hydrogens (tertiary/aromatic N) is 2. The highest BCUT2D eigenvalue weighted by molar-refractivity contribution is 14.0. The Hall–Kier alpha value is -0.860. The summed E-state index contributed by atoms with van der Waals surface area (Å²) in [6.07, 6.45) is 6.32. The van der Waals surface area contributed by atoms with Gasteiger partial charge in [-0.15, -0.1) is 24.0 Å². The lowest BCUT2D eigenvalue weighted by Gasteiger charge is -2.32. The zero-order valence-electron chi connectivity index (χ0n) is 18.3. The van der Waals surface area contributed by atoms with Crippen LogP contribution in [-0.4, -0.2) is 64.5 Å². The summed E-state index contributed by atoms with van der Waals surface area (Å²) in [5.74, 6) is 1.62. The molecule has 0 aromatic heterocycles. The highest BCUT2D eigenvalue weighted by Crippen LogP contribution is 2.41. The monoisotopic (exact) mass is 515 g/mol. The van der Waals surface area contributed by atoms with Gasteiger partial charge in [-0.25, -0.2) is 0 Å². The number of aliphatic imine (C=N–C) groups is 1. The van der Waals surface area contributed by atoms with Gasteiger partial charge >= 0.3 is 0 Å². The Labute approximate surface area is 193 Å². The van der Waals surface area contributed by atoms with Gasteiger partial charge in [-0.05, 0) is 31.7 Å². The summed E-state index contributed by atoms with van der Waals surface area (Å²) < 4.78 is 10.8. The first kappa shape index (κ1) is 24.4. The van der Waals surface area contributed by atoms with E-state index in [0.717, 1.165) is 38.6 Å². The molecule has 0 bridgehead atoms. The molecule has 1 saturated carbocycles. The Balaban J connectivity index is 0.00000300. The third kappa shape index (κ3) is 6.56. The van der Waals surface area contributed by atoms with Crippen molar-refractivity contribution >= 4 is 29.9 Å². The molecule has 3 rings (SSSR count). The molecule has 2 aliphatic rings. The van der Waals surface area contributed by atoms with E-state index >= 15 is 0 Å². The molecule has 1 unspecified atom stereocenters. The number of rotatable bonds is 8. The number of likely N-dealkylation sites (tertiary alicyclic amines) is 1. The molecule has 6 heteroatoms. The number of hydrogen-bond acceptors (Lipinski definition) is 3. The van der Waals surface area contributed by atoms with Gasteiger partial charge in [-0.1, -0.05) is 42.7 Å². The fourth-order valence-electron chi connectivity index (χ4n) is 4.73. The number of guanidine groups is 1. The van der Waals surface area contributed by atoms with E-state index in [2.05, 4.69) is 46.4 Å². The fourth-order valence-corrected chi connectivity index (χ4v) is 4.73. The van der Waals surface area contributed by atoms with Crippen LogP contribution in [-0.2, 0) is 14.9 Å². The predicted octanol–water partition coefficient (Wildman–Crippen LogP) is 3.99. The highest BCUT2D eigenvalue weighted by atomic mass is 127. The van der Waals surface area contributed by atoms with E-state index in [-0.39, 0.29) is 29.4 Å². The largest absolute Gasteiger partial charge is 0.382 e. The van der Waals surface area contributed by atoms with Crippen LogP contribution in [0.25, 0.3) is 0 Å². The SMILES string of the molecule is CN=C(NCC1(c2cccc(C)c2)CCCC1)N1CCC(COCCOC)C1.I. The van der Waals surface area contributed by atoms with Crippen molar-refractivity contribution in [2.24, 2.45) is 10.9 Å². The molecule has 29 heavy (non-hydrogen) atoms. The molecule has 164 valence electrons. The standard InChI is InChI=1S/C23H37N3O2.HI/c1-19-7-6-8-21(15-19)23(10-4-5-11-23)18-25-22(24-2)26-12-9-20(16-26)17-28-14-13-27-3;/h6-8,15,20H,4-5,9-14,16-18H2,1-3H3,(H,24,25);1H. The van der Waals surface area contributed by atoms with E-state index < -0.39 is 0 Å². The van der Waals surface area contributed by atoms with Gasteiger partial charge in [0.2, 0.25) is 0 Å². The number of halogens is 1. The van der Waals surface area contributed by atoms with Gasteiger partial charge in [0.15, 0.2) is 5.96 Å². The van der Waals surface area contributed by atoms with Crippen LogP contribution >= 0.6 is 24.0 Å². The first-order chi connectivity index (χ1) is 13.7. The summed E-state index contributed by atoms with van der Waals surface area (Å²) in [4.78, 5) is 6.98. The minimum atomic E-state index is 0. The molecule has 1 aliphatic heterocycles. The number of ether oxygens (including phenoxy) is 2. The molecular formula is C23H38IN3O2. The lowest BCUT2D eigenvalue weighted by molar-refractivity contribution is 0.0536. The number of hydrogen-bond donors (Lipinski definition) is 1. The predicted molar refractivity (Wildman–Crippen MR) is 130 cm³/mol. The second kappa shape index (κ2) is 12.1. The van der Waals surface area contributed by atoms with Crippen LogP contribution in [0.2, 0.25) is 0 Å². The van der Waals surface area contributed by atoms with Crippen molar-refractivity contribution in [2.45, 2.75) is 44.4 Å². The molecule has 0 spiro atoms. The zero-order chi connectivity index (χ0) is 19.8. The van der Waals surface area contributed by atoms with Crippen LogP contribution in [0.5, 0.6) is 0 Å². The quantitative estimate of drug-likeness (QED) is 0.246. The molecule has 5 nitrogen and oxygen atoms in total. The summed E-state index contributed by atoms with van der Waals surface area (Å²) in [5.41, 5.74) is 3.08. The number of methoxy groups -OCH3 is 1. The molecule has 0 amide bonds. The van der Waals surface area contributed by atoms with Gasteiger partial charge in [0, 0.05) is 45.1 Å². The Morgan fingerprint density at radius 2 is 2.07 bits per heavy atom. The summed E-state index contributed by atoms with van der Waals surface area (Å²) in [6.45, 7) is 7.38. The second-order valence-electron chi connectivity index (χ2n) is 8.43. The average Bonchev–Trinajstić information content (AvgIpc) is 3.37. The van der Waals surface area contributed by atoms with Gasteiger partial charge in [-0.3, -0.25) is 4.99 Å². The van der Waals surface area contributed by atoms with Gasteiger partial charge < -0.3 is 19.7 Å². The zero-order valence-corrected chi connectivity index (χ0v) is 20.6. The maximum atomic E-state index is 5.73. The highest BCUT2D eigenvalue weighted by Gasteiger charge is 2.36. The second-order valence-corrected chi connectivity index (χ2v) is 8.43. The lowest BCUT2D eigenvalue weighted by Crippen LogP contribution is -2.46. The Bertz CT molecular complexity index is 647. The van der Waals surface area contributed by atoms with Crippen LogP contribution in [0.3, 0.4) is 0 Å². The third-order valence-electron chi connectivity index (χ3n) is 6.36. The lowest BCUT2D eigenvalue weighted by atomic mass is 9.78. The molecule has 2 fully saturated rings. The number of aryl methyl sites for hydroxylation is 1. The minimum absolute atomic E-state index is 0. The Kier molecular flexibility index (Phi) is 10.2. The molecule has 1 heterocycles. The normalized spacial score (nSPS) is 21.3. The average molecular weight is 515 g/mol. The summed E-state index contributed by atoms with van der Waals surface area (Å²) in [6, 6.07) is 9.08. The van der Waals surface area contributed by atoms with E-state index in [1.807, 2.05) is 7.05 Å². The Morgan fingerprint density at radius 3 is 2.76 bits per heavy atom. The topological polar surface area (TPSA) is 46.1 Å². The van der Waals surface area contributed by atoms with Gasteiger partial charge in [0.05, 0.1) is 19.8 Å². The van der Waals surface area contributed by atoms with E-state index in [9.17, 15) is 0 Å². The van der Waals surface area contributed by atoms with Gasteiger partial charge in [-0.2, -0.15) is 0 Å². The fraction of sp³-hybridized carbons (Fsp3) is 0.696. The molecular weight excluding hydrogens is 477 g/mol. The summed E-state index contributed by atoms with van der Waals surface area (Å²) in [7, 11) is 3.61. The van der Waals surface area contributed by atoms with Crippen LogP contribution in [0.15, 0.2) is 29.3 Å². The number of nitrogens with one attached hydrogen (secondary N) is 1. The van der Waals surface area contributed by atoms with Crippen molar-refractivity contribution in [3.05, 3.63) is 35.4 Å². The molecule has 1 saturated heterocycles. The summed E-state index contributed by atoms with van der Waals surface area (Å²) in [5, 5.41) is 3.72.